The number of piperazine rings is 1. The normalized spacial score (nSPS) is 16.3. The molecule has 1 aliphatic rings. The van der Waals surface area contributed by atoms with E-state index in [1.807, 2.05) is 4.90 Å². The molecule has 9 heteroatoms. The first-order valence-corrected chi connectivity index (χ1v) is 10.0. The molecule has 0 aromatic heterocycles. The summed E-state index contributed by atoms with van der Waals surface area (Å²) in [7, 11) is -3.59. The predicted octanol–water partition coefficient (Wildman–Crippen LogP) is 1.56. The van der Waals surface area contributed by atoms with Gasteiger partial charge in [0.2, 0.25) is 10.0 Å². The van der Waals surface area contributed by atoms with Crippen LogP contribution in [0.4, 0.5) is 5.69 Å². The summed E-state index contributed by atoms with van der Waals surface area (Å²) < 4.78 is 27.1. The zero-order valence-corrected chi connectivity index (χ0v) is 15.5. The largest absolute Gasteiger partial charge is 0.395 e. The summed E-state index contributed by atoms with van der Waals surface area (Å²) in [6, 6.07) is 12.6. The number of non-ortho nitro benzene ring substituents is 1. The maximum atomic E-state index is 12.8. The van der Waals surface area contributed by atoms with Gasteiger partial charge >= 0.3 is 0 Å². The number of aliphatic hydroxyl groups excluding tert-OH is 1. The maximum absolute atomic E-state index is 12.8. The first-order chi connectivity index (χ1) is 12.9. The minimum atomic E-state index is -3.59. The lowest BCUT2D eigenvalue weighted by atomic mass is 10.1. The molecule has 2 aromatic carbocycles. The lowest BCUT2D eigenvalue weighted by Gasteiger charge is -2.33. The van der Waals surface area contributed by atoms with E-state index in [4.69, 9.17) is 5.11 Å². The summed E-state index contributed by atoms with van der Waals surface area (Å²) in [4.78, 5) is 12.7. The highest BCUT2D eigenvalue weighted by Gasteiger charge is 2.28. The van der Waals surface area contributed by atoms with Gasteiger partial charge in [0.15, 0.2) is 0 Å². The second kappa shape index (κ2) is 8.13. The third kappa shape index (κ3) is 4.33. The van der Waals surface area contributed by atoms with Crippen molar-refractivity contribution >= 4 is 15.7 Å². The van der Waals surface area contributed by atoms with Gasteiger partial charge in [-0.15, -0.1) is 0 Å². The molecular formula is C18H21N3O5S. The third-order valence-electron chi connectivity index (χ3n) is 4.63. The fourth-order valence-corrected chi connectivity index (χ4v) is 4.52. The van der Waals surface area contributed by atoms with Crippen molar-refractivity contribution in [3.05, 3.63) is 58.6 Å². The zero-order chi connectivity index (χ0) is 19.4. The van der Waals surface area contributed by atoms with Gasteiger partial charge in [-0.3, -0.25) is 15.0 Å². The molecule has 0 atom stereocenters. The number of hydrogen-bond acceptors (Lipinski definition) is 6. The van der Waals surface area contributed by atoms with E-state index >= 15 is 0 Å². The average molecular weight is 391 g/mol. The number of sulfonamides is 1. The molecule has 8 nitrogen and oxygen atoms in total. The Hall–Kier alpha value is -2.33. The van der Waals surface area contributed by atoms with Gasteiger partial charge in [0.1, 0.15) is 0 Å². The average Bonchev–Trinajstić information content (AvgIpc) is 2.69. The second-order valence-corrected chi connectivity index (χ2v) is 8.24. The quantitative estimate of drug-likeness (QED) is 0.592. The van der Waals surface area contributed by atoms with Crippen molar-refractivity contribution in [2.45, 2.75) is 4.90 Å². The Bertz CT molecular complexity index is 907. The number of benzene rings is 2. The lowest BCUT2D eigenvalue weighted by molar-refractivity contribution is -0.384. The SMILES string of the molecule is O=[N+]([O-])c1cccc(-c2ccc(S(=O)(=O)N3CCN(CCO)CC3)cc2)c1. The first-order valence-electron chi connectivity index (χ1n) is 8.60. The van der Waals surface area contributed by atoms with Crippen molar-refractivity contribution < 1.29 is 18.4 Å². The van der Waals surface area contributed by atoms with Crippen LogP contribution in [-0.2, 0) is 10.0 Å². The lowest BCUT2D eigenvalue weighted by Crippen LogP contribution is -2.49. The van der Waals surface area contributed by atoms with Gasteiger partial charge in [-0.1, -0.05) is 24.3 Å². The molecule has 0 amide bonds. The molecule has 0 spiro atoms. The van der Waals surface area contributed by atoms with Crippen molar-refractivity contribution in [1.29, 1.82) is 0 Å². The molecule has 1 heterocycles. The Morgan fingerprint density at radius 1 is 1.00 bits per heavy atom. The smallest absolute Gasteiger partial charge is 0.270 e. The van der Waals surface area contributed by atoms with Crippen LogP contribution in [0.25, 0.3) is 11.1 Å². The number of β-amino-alcohol motifs (C(OH)–C–C–N with tert-alkyl or cyclic N) is 1. The fraction of sp³-hybridized carbons (Fsp3) is 0.333. The van der Waals surface area contributed by atoms with Gasteiger partial charge < -0.3 is 5.11 Å². The molecule has 1 N–H and O–H groups in total. The highest BCUT2D eigenvalue weighted by atomic mass is 32.2. The van der Waals surface area contributed by atoms with Crippen LogP contribution >= 0.6 is 0 Å². The highest BCUT2D eigenvalue weighted by Crippen LogP contribution is 2.26. The van der Waals surface area contributed by atoms with Crippen molar-refractivity contribution in [1.82, 2.24) is 9.21 Å². The molecule has 1 saturated heterocycles. The highest BCUT2D eigenvalue weighted by molar-refractivity contribution is 7.89. The first kappa shape index (κ1) is 19.4. The minimum absolute atomic E-state index is 0.00931. The van der Waals surface area contributed by atoms with E-state index < -0.39 is 14.9 Å². The van der Waals surface area contributed by atoms with E-state index in [9.17, 15) is 18.5 Å². The number of nitro groups is 1. The van der Waals surface area contributed by atoms with Crippen LogP contribution in [0.2, 0.25) is 0 Å². The van der Waals surface area contributed by atoms with E-state index in [0.29, 0.717) is 43.9 Å². The molecular weight excluding hydrogens is 370 g/mol. The second-order valence-electron chi connectivity index (χ2n) is 6.30. The Balaban J connectivity index is 1.77. The van der Waals surface area contributed by atoms with Crippen LogP contribution in [0, 0.1) is 10.1 Å². The van der Waals surface area contributed by atoms with E-state index in [1.165, 1.54) is 28.6 Å². The van der Waals surface area contributed by atoms with Crippen LogP contribution in [0.3, 0.4) is 0 Å². The molecule has 0 aliphatic carbocycles. The zero-order valence-electron chi connectivity index (χ0n) is 14.7. The van der Waals surface area contributed by atoms with Crippen LogP contribution in [-0.4, -0.2) is 67.0 Å². The van der Waals surface area contributed by atoms with E-state index in [1.54, 1.807) is 24.3 Å². The number of aliphatic hydroxyl groups is 1. The predicted molar refractivity (Wildman–Crippen MR) is 101 cm³/mol. The van der Waals surface area contributed by atoms with Crippen molar-refractivity contribution in [2.75, 3.05) is 39.3 Å². The monoisotopic (exact) mass is 391 g/mol. The van der Waals surface area contributed by atoms with Gasteiger partial charge in [0.05, 0.1) is 16.4 Å². The number of rotatable bonds is 6. The molecule has 0 radical (unpaired) electrons. The molecule has 0 unspecified atom stereocenters. The van der Waals surface area contributed by atoms with Gasteiger partial charge in [0, 0.05) is 44.9 Å². The topological polar surface area (TPSA) is 104 Å². The van der Waals surface area contributed by atoms with Crippen molar-refractivity contribution in [3.8, 4) is 11.1 Å². The van der Waals surface area contributed by atoms with Crippen LogP contribution < -0.4 is 0 Å². The standard InChI is InChI=1S/C18H21N3O5S/c22-13-12-19-8-10-20(11-9-19)27(25,26)18-6-4-15(5-7-18)16-2-1-3-17(14-16)21(23)24/h1-7,14,22H,8-13H2. The number of hydrogen-bond donors (Lipinski definition) is 1. The minimum Gasteiger partial charge on any atom is -0.395 e. The van der Waals surface area contributed by atoms with E-state index in [-0.39, 0.29) is 17.2 Å². The Kier molecular flexibility index (Phi) is 5.85. The molecule has 0 saturated carbocycles. The molecule has 144 valence electrons. The van der Waals surface area contributed by atoms with Gasteiger partial charge in [-0.25, -0.2) is 8.42 Å². The Labute approximate surface area is 157 Å². The van der Waals surface area contributed by atoms with Crippen molar-refractivity contribution in [3.63, 3.8) is 0 Å². The molecule has 2 aromatic rings. The molecule has 3 rings (SSSR count). The van der Waals surface area contributed by atoms with E-state index in [2.05, 4.69) is 0 Å². The van der Waals surface area contributed by atoms with Gasteiger partial charge in [0.25, 0.3) is 5.69 Å². The fourth-order valence-electron chi connectivity index (χ4n) is 3.10. The summed E-state index contributed by atoms with van der Waals surface area (Å²) in [5.74, 6) is 0. The van der Waals surface area contributed by atoms with Crippen LogP contribution in [0.5, 0.6) is 0 Å². The summed E-state index contributed by atoms with van der Waals surface area (Å²) in [6.45, 7) is 2.55. The molecule has 0 bridgehead atoms. The van der Waals surface area contributed by atoms with Crippen molar-refractivity contribution in [2.24, 2.45) is 0 Å². The Morgan fingerprint density at radius 3 is 2.26 bits per heavy atom. The van der Waals surface area contributed by atoms with E-state index in [0.717, 1.165) is 0 Å². The molecule has 1 aliphatic heterocycles. The summed E-state index contributed by atoms with van der Waals surface area (Å²) in [6.07, 6.45) is 0. The Morgan fingerprint density at radius 2 is 1.67 bits per heavy atom. The molecule has 27 heavy (non-hydrogen) atoms. The van der Waals surface area contributed by atoms with Crippen LogP contribution in [0.15, 0.2) is 53.4 Å². The summed E-state index contributed by atoms with van der Waals surface area (Å²) in [5, 5.41) is 19.9. The van der Waals surface area contributed by atoms with Gasteiger partial charge in [-0.2, -0.15) is 4.31 Å². The summed E-state index contributed by atoms with van der Waals surface area (Å²) in [5.41, 5.74) is 1.36. The molecule has 1 fully saturated rings. The number of nitro benzene ring substituents is 1. The number of nitrogens with zero attached hydrogens (tertiary/aromatic N) is 3. The maximum Gasteiger partial charge on any atom is 0.270 e. The van der Waals surface area contributed by atoms with Crippen LogP contribution in [0.1, 0.15) is 0 Å². The van der Waals surface area contributed by atoms with Gasteiger partial charge in [-0.05, 0) is 23.3 Å². The third-order valence-corrected chi connectivity index (χ3v) is 6.54. The summed E-state index contributed by atoms with van der Waals surface area (Å²) >= 11 is 0.